The molecule has 0 spiro atoms. The molecular weight excluding hydrogens is 278 g/mol. The van der Waals surface area contributed by atoms with Crippen molar-refractivity contribution in [3.8, 4) is 10.6 Å². The van der Waals surface area contributed by atoms with Gasteiger partial charge in [-0.1, -0.05) is 6.07 Å². The Balaban J connectivity index is 1.92. The molecule has 0 aliphatic carbocycles. The third kappa shape index (κ3) is 2.00. The normalized spacial score (nSPS) is 18.8. The first-order valence-electron chi connectivity index (χ1n) is 6.20. The molecule has 1 unspecified atom stereocenters. The summed E-state index contributed by atoms with van der Waals surface area (Å²) in [6.45, 7) is 2.07. The molecule has 1 aliphatic heterocycles. The largest absolute Gasteiger partial charge is 0.481 e. The van der Waals surface area contributed by atoms with Crippen LogP contribution < -0.4 is 4.90 Å². The van der Waals surface area contributed by atoms with Crippen LogP contribution in [0.5, 0.6) is 0 Å². The minimum Gasteiger partial charge on any atom is -0.481 e. The number of rotatable bonds is 3. The van der Waals surface area contributed by atoms with Crippen LogP contribution in [0.4, 0.5) is 5.82 Å². The van der Waals surface area contributed by atoms with Gasteiger partial charge in [-0.15, -0.1) is 11.3 Å². The van der Waals surface area contributed by atoms with Crippen LogP contribution in [0.1, 0.15) is 12.0 Å². The number of nitrogens with one attached hydrogen (secondary N) is 1. The maximum Gasteiger partial charge on any atom is 0.308 e. The molecule has 0 saturated carbocycles. The fourth-order valence-electron chi connectivity index (χ4n) is 2.39. The predicted octanol–water partition coefficient (Wildman–Crippen LogP) is 1.88. The topological polar surface area (TPSA) is 86.3 Å². The molecule has 20 heavy (non-hydrogen) atoms. The zero-order valence-electron chi connectivity index (χ0n) is 10.8. The molecule has 1 fully saturated rings. The van der Waals surface area contributed by atoms with Crippen molar-refractivity contribution in [2.75, 3.05) is 11.4 Å². The number of carboxylic acid groups (broad SMARTS) is 1. The summed E-state index contributed by atoms with van der Waals surface area (Å²) in [6.07, 6.45) is 0.0377. The van der Waals surface area contributed by atoms with Gasteiger partial charge in [0.25, 0.3) is 0 Å². The van der Waals surface area contributed by atoms with Gasteiger partial charge in [0.2, 0.25) is 5.91 Å². The predicted molar refractivity (Wildman–Crippen MR) is 74.7 cm³/mol. The number of carbonyl (C=O) groups excluding carboxylic acids is 1. The number of aromatic amines is 1. The fraction of sp³-hybridized carbons (Fsp3) is 0.308. The number of aliphatic carboxylic acids is 1. The summed E-state index contributed by atoms with van der Waals surface area (Å²) in [4.78, 5) is 25.4. The molecule has 1 atom stereocenters. The summed E-state index contributed by atoms with van der Waals surface area (Å²) >= 11 is 1.58. The Kier molecular flexibility index (Phi) is 3.06. The number of hydrogen-bond donors (Lipinski definition) is 2. The Morgan fingerprint density at radius 1 is 1.60 bits per heavy atom. The summed E-state index contributed by atoms with van der Waals surface area (Å²) in [5, 5.41) is 18.1. The van der Waals surface area contributed by atoms with E-state index in [9.17, 15) is 9.59 Å². The summed E-state index contributed by atoms with van der Waals surface area (Å²) in [7, 11) is 0. The molecule has 0 aromatic carbocycles. The zero-order valence-corrected chi connectivity index (χ0v) is 11.6. The number of amides is 1. The van der Waals surface area contributed by atoms with Crippen LogP contribution in [0.15, 0.2) is 17.5 Å². The van der Waals surface area contributed by atoms with Crippen LogP contribution in [0, 0.1) is 12.8 Å². The number of aromatic nitrogens is 2. The highest BCUT2D eigenvalue weighted by molar-refractivity contribution is 7.13. The Labute approximate surface area is 119 Å². The van der Waals surface area contributed by atoms with E-state index in [2.05, 4.69) is 10.2 Å². The van der Waals surface area contributed by atoms with Crippen LogP contribution in [0.2, 0.25) is 0 Å². The molecule has 1 saturated heterocycles. The van der Waals surface area contributed by atoms with E-state index >= 15 is 0 Å². The van der Waals surface area contributed by atoms with Crippen molar-refractivity contribution in [2.24, 2.45) is 5.92 Å². The average molecular weight is 291 g/mol. The lowest BCUT2D eigenvalue weighted by molar-refractivity contribution is -0.141. The van der Waals surface area contributed by atoms with Crippen molar-refractivity contribution in [1.29, 1.82) is 0 Å². The number of anilines is 1. The first-order chi connectivity index (χ1) is 9.58. The molecule has 0 radical (unpaired) electrons. The smallest absolute Gasteiger partial charge is 0.308 e. The second-order valence-electron chi connectivity index (χ2n) is 4.77. The van der Waals surface area contributed by atoms with E-state index in [0.717, 1.165) is 16.1 Å². The summed E-state index contributed by atoms with van der Waals surface area (Å²) in [5.41, 5.74) is 1.74. The maximum absolute atomic E-state index is 11.9. The quantitative estimate of drug-likeness (QED) is 0.904. The number of hydrogen-bond acceptors (Lipinski definition) is 4. The highest BCUT2D eigenvalue weighted by atomic mass is 32.1. The first kappa shape index (κ1) is 12.9. The van der Waals surface area contributed by atoms with Gasteiger partial charge in [-0.3, -0.25) is 19.6 Å². The van der Waals surface area contributed by atoms with Gasteiger partial charge in [-0.05, 0) is 18.4 Å². The first-order valence-corrected chi connectivity index (χ1v) is 7.08. The monoisotopic (exact) mass is 291 g/mol. The Morgan fingerprint density at radius 3 is 3.00 bits per heavy atom. The van der Waals surface area contributed by atoms with Gasteiger partial charge in [-0.25, -0.2) is 0 Å². The van der Waals surface area contributed by atoms with Crippen molar-refractivity contribution in [2.45, 2.75) is 13.3 Å². The standard InChI is InChI=1S/C13H13N3O3S/c1-7-11(9-3-2-4-20-9)14-15-12(7)16-6-8(13(18)19)5-10(16)17/h2-4,8H,5-6H2,1H3,(H,14,15)(H,18,19). The van der Waals surface area contributed by atoms with Gasteiger partial charge < -0.3 is 5.11 Å². The highest BCUT2D eigenvalue weighted by Crippen LogP contribution is 2.33. The third-order valence-electron chi connectivity index (χ3n) is 3.48. The second kappa shape index (κ2) is 4.75. The van der Waals surface area contributed by atoms with Gasteiger partial charge in [0.05, 0.1) is 16.5 Å². The minimum absolute atomic E-state index is 0.0377. The van der Waals surface area contributed by atoms with Crippen LogP contribution in [-0.4, -0.2) is 33.7 Å². The molecule has 3 heterocycles. The molecular formula is C13H13N3O3S. The summed E-state index contributed by atoms with van der Waals surface area (Å²) < 4.78 is 0. The number of carbonyl (C=O) groups is 2. The SMILES string of the molecule is Cc1c(N2CC(C(=O)O)CC2=O)n[nH]c1-c1cccs1. The Hall–Kier alpha value is -2.15. The molecule has 1 amide bonds. The zero-order chi connectivity index (χ0) is 14.3. The number of thiophene rings is 1. The average Bonchev–Trinajstić information content (AvgIpc) is 3.08. The van der Waals surface area contributed by atoms with E-state index in [1.54, 1.807) is 11.3 Å². The van der Waals surface area contributed by atoms with Gasteiger partial charge in [-0.2, -0.15) is 5.10 Å². The summed E-state index contributed by atoms with van der Waals surface area (Å²) in [6, 6.07) is 3.92. The van der Waals surface area contributed by atoms with Crippen LogP contribution in [-0.2, 0) is 9.59 Å². The molecule has 1 aliphatic rings. The van der Waals surface area contributed by atoms with E-state index in [-0.39, 0.29) is 18.9 Å². The molecule has 3 rings (SSSR count). The van der Waals surface area contributed by atoms with Crippen LogP contribution >= 0.6 is 11.3 Å². The lowest BCUT2D eigenvalue weighted by Crippen LogP contribution is -2.26. The third-order valence-corrected chi connectivity index (χ3v) is 4.37. The van der Waals surface area contributed by atoms with Gasteiger partial charge in [0, 0.05) is 18.5 Å². The fourth-order valence-corrected chi connectivity index (χ4v) is 3.17. The Bertz CT molecular complexity index is 662. The van der Waals surface area contributed by atoms with E-state index in [1.165, 1.54) is 4.90 Å². The summed E-state index contributed by atoms with van der Waals surface area (Å²) in [5.74, 6) is -1.25. The van der Waals surface area contributed by atoms with E-state index in [1.807, 2.05) is 24.4 Å². The van der Waals surface area contributed by atoms with Crippen molar-refractivity contribution >= 4 is 29.0 Å². The molecule has 2 aromatic rings. The van der Waals surface area contributed by atoms with Gasteiger partial charge in [0.15, 0.2) is 5.82 Å². The van der Waals surface area contributed by atoms with E-state index in [4.69, 9.17) is 5.11 Å². The Morgan fingerprint density at radius 2 is 2.40 bits per heavy atom. The van der Waals surface area contributed by atoms with Crippen molar-refractivity contribution in [1.82, 2.24) is 10.2 Å². The van der Waals surface area contributed by atoms with Gasteiger partial charge >= 0.3 is 5.97 Å². The number of carboxylic acids is 1. The van der Waals surface area contributed by atoms with Crippen LogP contribution in [0.25, 0.3) is 10.6 Å². The lowest BCUT2D eigenvalue weighted by Gasteiger charge is -2.13. The van der Waals surface area contributed by atoms with E-state index < -0.39 is 11.9 Å². The maximum atomic E-state index is 11.9. The van der Waals surface area contributed by atoms with Gasteiger partial charge in [0.1, 0.15) is 0 Å². The molecule has 2 aromatic heterocycles. The van der Waals surface area contributed by atoms with E-state index in [0.29, 0.717) is 5.82 Å². The van der Waals surface area contributed by atoms with Crippen molar-refractivity contribution in [3.63, 3.8) is 0 Å². The second-order valence-corrected chi connectivity index (χ2v) is 5.72. The molecule has 7 heteroatoms. The molecule has 2 N–H and O–H groups in total. The highest BCUT2D eigenvalue weighted by Gasteiger charge is 2.37. The number of nitrogens with zero attached hydrogens (tertiary/aromatic N) is 2. The molecule has 0 bridgehead atoms. The van der Waals surface area contributed by atoms with Crippen LogP contribution in [0.3, 0.4) is 0 Å². The minimum atomic E-state index is -0.937. The number of H-pyrrole nitrogens is 1. The molecule has 104 valence electrons. The lowest BCUT2D eigenvalue weighted by atomic mass is 10.1. The molecule has 6 nitrogen and oxygen atoms in total. The van der Waals surface area contributed by atoms with Crippen molar-refractivity contribution < 1.29 is 14.7 Å². The van der Waals surface area contributed by atoms with Crippen molar-refractivity contribution in [3.05, 3.63) is 23.1 Å².